The first kappa shape index (κ1) is 24.8. The summed E-state index contributed by atoms with van der Waals surface area (Å²) < 4.78 is 11.6. The van der Waals surface area contributed by atoms with Gasteiger partial charge in [-0.05, 0) is 35.7 Å². The van der Waals surface area contributed by atoms with Gasteiger partial charge in [-0.2, -0.15) is 0 Å². The van der Waals surface area contributed by atoms with Crippen molar-refractivity contribution in [3.8, 4) is 0 Å². The van der Waals surface area contributed by atoms with Crippen molar-refractivity contribution in [2.45, 2.75) is 64.9 Å². The second kappa shape index (κ2) is 11.3. The van der Waals surface area contributed by atoms with Crippen LogP contribution in [0.3, 0.4) is 0 Å². The maximum absolute atomic E-state index is 12.9. The number of benzene rings is 2. The van der Waals surface area contributed by atoms with E-state index in [9.17, 15) is 9.59 Å². The lowest BCUT2D eigenvalue weighted by atomic mass is 10.2. The fraction of sp³-hybridized carbons (Fsp3) is 0.440. The molecule has 0 radical (unpaired) electrons. The summed E-state index contributed by atoms with van der Waals surface area (Å²) in [5, 5.41) is 0.123. The minimum atomic E-state index is -1.85. The van der Waals surface area contributed by atoms with E-state index in [1.165, 1.54) is 4.90 Å². The average Bonchev–Trinajstić information content (AvgIpc) is 2.74. The van der Waals surface area contributed by atoms with Gasteiger partial charge in [0.15, 0.2) is 8.32 Å². The number of amides is 2. The number of hydrogen-bond acceptors (Lipinski definition) is 4. The Balaban J connectivity index is 1.96. The summed E-state index contributed by atoms with van der Waals surface area (Å²) in [5.74, 6) is -0.249. The predicted octanol–water partition coefficient (Wildman–Crippen LogP) is 6.15. The van der Waals surface area contributed by atoms with Crippen LogP contribution in [0.1, 0.15) is 44.7 Å². The number of carbonyl (C=O) groups is 2. The molecule has 0 unspecified atom stereocenters. The van der Waals surface area contributed by atoms with Crippen LogP contribution in [0.4, 0.5) is 4.79 Å². The van der Waals surface area contributed by atoms with Gasteiger partial charge in [0.25, 0.3) is 0 Å². The first-order valence-corrected chi connectivity index (χ1v) is 13.7. The van der Waals surface area contributed by atoms with Gasteiger partial charge in [0, 0.05) is 13.0 Å². The molecule has 0 aliphatic carbocycles. The zero-order valence-corrected chi connectivity index (χ0v) is 20.4. The summed E-state index contributed by atoms with van der Waals surface area (Å²) >= 11 is 0. The molecule has 0 aromatic heterocycles. The summed E-state index contributed by atoms with van der Waals surface area (Å²) in [6, 6.07) is 18.9. The van der Waals surface area contributed by atoms with E-state index in [1.54, 1.807) is 0 Å². The Labute approximate surface area is 187 Å². The molecule has 2 aromatic rings. The minimum Gasteiger partial charge on any atom is -0.444 e. The summed E-state index contributed by atoms with van der Waals surface area (Å²) in [6.07, 6.45) is 0.188. The third-order valence-electron chi connectivity index (χ3n) is 5.71. The van der Waals surface area contributed by atoms with Gasteiger partial charge in [0.2, 0.25) is 5.91 Å². The largest absolute Gasteiger partial charge is 0.444 e. The first-order valence-electron chi connectivity index (χ1n) is 10.8. The normalized spacial score (nSPS) is 11.8. The number of carbonyl (C=O) groups excluding carboxylic acids is 2. The standard InChI is InChI=1S/C25H35NO4Si/c1-25(2,3)31(4,5)30-18-12-17-23(27)26(19-21-13-8-6-9-14-21)24(28)29-20-22-15-10-7-11-16-22/h6-11,13-16H,12,17-20H2,1-5H3. The predicted molar refractivity (Wildman–Crippen MR) is 126 cm³/mol. The van der Waals surface area contributed by atoms with E-state index in [2.05, 4.69) is 33.9 Å². The van der Waals surface area contributed by atoms with Gasteiger partial charge in [-0.1, -0.05) is 81.4 Å². The van der Waals surface area contributed by atoms with Crippen LogP contribution in [0.25, 0.3) is 0 Å². The molecule has 0 spiro atoms. The van der Waals surface area contributed by atoms with E-state index in [-0.39, 0.29) is 30.5 Å². The van der Waals surface area contributed by atoms with Gasteiger partial charge >= 0.3 is 6.09 Å². The van der Waals surface area contributed by atoms with Crippen LogP contribution in [0, 0.1) is 0 Å². The van der Waals surface area contributed by atoms with Crippen LogP contribution < -0.4 is 0 Å². The van der Waals surface area contributed by atoms with E-state index in [0.29, 0.717) is 13.0 Å². The lowest BCUT2D eigenvalue weighted by Gasteiger charge is -2.36. The molecule has 0 aliphatic rings. The highest BCUT2D eigenvalue weighted by Gasteiger charge is 2.37. The highest BCUT2D eigenvalue weighted by atomic mass is 28.4. The van der Waals surface area contributed by atoms with Crippen molar-refractivity contribution in [3.63, 3.8) is 0 Å². The molecule has 6 heteroatoms. The minimum absolute atomic E-state index is 0.123. The summed E-state index contributed by atoms with van der Waals surface area (Å²) in [4.78, 5) is 26.8. The molecule has 2 amide bonds. The second-order valence-corrected chi connectivity index (χ2v) is 14.0. The molecule has 0 N–H and O–H groups in total. The number of imide groups is 1. The lowest BCUT2D eigenvalue weighted by Crippen LogP contribution is -2.41. The molecule has 0 fully saturated rings. The summed E-state index contributed by atoms with van der Waals surface area (Å²) in [7, 11) is -1.85. The Morgan fingerprint density at radius 3 is 2.00 bits per heavy atom. The van der Waals surface area contributed by atoms with Crippen molar-refractivity contribution >= 4 is 20.3 Å². The Kier molecular flexibility index (Phi) is 9.01. The van der Waals surface area contributed by atoms with Gasteiger partial charge in [-0.15, -0.1) is 0 Å². The zero-order chi connectivity index (χ0) is 22.9. The third-order valence-corrected chi connectivity index (χ3v) is 10.3. The van der Waals surface area contributed by atoms with Crippen LogP contribution in [0.5, 0.6) is 0 Å². The fourth-order valence-corrected chi connectivity index (χ4v) is 3.81. The third kappa shape index (κ3) is 7.96. The molecule has 0 heterocycles. The van der Waals surface area contributed by atoms with E-state index in [1.807, 2.05) is 60.7 Å². The molecule has 2 rings (SSSR count). The SMILES string of the molecule is CC(C)(C)[Si](C)(C)OCCCC(=O)N(Cc1ccccc1)C(=O)OCc1ccccc1. The van der Waals surface area contributed by atoms with Gasteiger partial charge in [-0.25, -0.2) is 9.69 Å². The van der Waals surface area contributed by atoms with Crippen molar-refractivity contribution in [1.82, 2.24) is 4.90 Å². The molecule has 2 aromatic carbocycles. The van der Waals surface area contributed by atoms with Crippen LogP contribution >= 0.6 is 0 Å². The molecular weight excluding hydrogens is 406 g/mol. The van der Waals surface area contributed by atoms with Crippen molar-refractivity contribution < 1.29 is 18.8 Å². The van der Waals surface area contributed by atoms with Crippen LogP contribution in [0.2, 0.25) is 18.1 Å². The van der Waals surface area contributed by atoms with Crippen molar-refractivity contribution in [2.24, 2.45) is 0 Å². The van der Waals surface area contributed by atoms with Crippen molar-refractivity contribution in [2.75, 3.05) is 6.61 Å². The smallest absolute Gasteiger partial charge is 0.417 e. The molecule has 0 bridgehead atoms. The van der Waals surface area contributed by atoms with Gasteiger partial charge < -0.3 is 9.16 Å². The van der Waals surface area contributed by atoms with Crippen LogP contribution in [-0.2, 0) is 27.1 Å². The Morgan fingerprint density at radius 2 is 1.45 bits per heavy atom. The van der Waals surface area contributed by atoms with E-state index in [0.717, 1.165) is 11.1 Å². The van der Waals surface area contributed by atoms with Gasteiger partial charge in [-0.3, -0.25) is 4.79 Å². The Hall–Kier alpha value is -2.44. The second-order valence-electron chi connectivity index (χ2n) is 9.22. The number of rotatable bonds is 9. The molecule has 0 atom stereocenters. The van der Waals surface area contributed by atoms with Crippen LogP contribution in [-0.4, -0.2) is 31.8 Å². The highest BCUT2D eigenvalue weighted by Crippen LogP contribution is 2.36. The quantitative estimate of drug-likeness (QED) is 0.346. The molecule has 0 saturated carbocycles. The molecule has 0 saturated heterocycles. The van der Waals surface area contributed by atoms with E-state index >= 15 is 0 Å². The number of nitrogens with zero attached hydrogens (tertiary/aromatic N) is 1. The van der Waals surface area contributed by atoms with Crippen LogP contribution in [0.15, 0.2) is 60.7 Å². The molecule has 31 heavy (non-hydrogen) atoms. The zero-order valence-electron chi connectivity index (χ0n) is 19.4. The average molecular weight is 442 g/mol. The summed E-state index contributed by atoms with van der Waals surface area (Å²) in [5.41, 5.74) is 1.76. The van der Waals surface area contributed by atoms with Crippen molar-refractivity contribution in [1.29, 1.82) is 0 Å². The van der Waals surface area contributed by atoms with Gasteiger partial charge in [0.05, 0.1) is 6.54 Å². The molecular formula is C25H35NO4Si. The number of hydrogen-bond donors (Lipinski definition) is 0. The maximum atomic E-state index is 12.9. The lowest BCUT2D eigenvalue weighted by molar-refractivity contribution is -0.130. The van der Waals surface area contributed by atoms with Crippen molar-refractivity contribution in [3.05, 3.63) is 71.8 Å². The first-order chi connectivity index (χ1) is 14.6. The van der Waals surface area contributed by atoms with Gasteiger partial charge in [0.1, 0.15) is 6.61 Å². The fourth-order valence-electron chi connectivity index (χ4n) is 2.72. The Bertz CT molecular complexity index is 832. The highest BCUT2D eigenvalue weighted by molar-refractivity contribution is 6.74. The topological polar surface area (TPSA) is 55.8 Å². The Morgan fingerprint density at radius 1 is 0.903 bits per heavy atom. The van der Waals surface area contributed by atoms with E-state index in [4.69, 9.17) is 9.16 Å². The monoisotopic (exact) mass is 441 g/mol. The number of ether oxygens (including phenoxy) is 1. The molecule has 0 aliphatic heterocycles. The molecule has 5 nitrogen and oxygen atoms in total. The summed E-state index contributed by atoms with van der Waals surface area (Å²) in [6.45, 7) is 11.8. The maximum Gasteiger partial charge on any atom is 0.417 e. The molecule has 168 valence electrons. The van der Waals surface area contributed by atoms with E-state index < -0.39 is 14.4 Å².